The topological polar surface area (TPSA) is 43.1 Å². The molecule has 0 saturated carbocycles. The number of hydrogen-bond donors (Lipinski definition) is 0. The first kappa shape index (κ1) is 33.9. The molecule has 216 valence electrons. The SMILES string of the molecule is O=[N+]([O-])C(F)(F)C(F)(F)C(F)(F)C(F)(F)C(F)(F)C(F)(F)C(F)(F)C(F)(F)C(F)(F)C(F)(F)C(F)F. The zero-order chi connectivity index (χ0) is 30.2. The predicted octanol–water partition coefficient (Wildman–Crippen LogP) is 6.84. The Hall–Kier alpha value is -2.14. The van der Waals surface area contributed by atoms with Crippen molar-refractivity contribution in [2.45, 2.75) is 65.8 Å². The van der Waals surface area contributed by atoms with Crippen molar-refractivity contribution in [3.05, 3.63) is 10.1 Å². The molecule has 3 nitrogen and oxygen atoms in total. The van der Waals surface area contributed by atoms with Crippen molar-refractivity contribution in [2.75, 3.05) is 0 Å². The molecule has 0 spiro atoms. The van der Waals surface area contributed by atoms with E-state index in [-0.39, 0.29) is 0 Å². The normalized spacial score (nSPS) is 16.5. The first-order valence-electron chi connectivity index (χ1n) is 7.34. The molecular weight excluding hydrogens is 596 g/mol. The summed E-state index contributed by atoms with van der Waals surface area (Å²) in [6.45, 7) is 0. The standard InChI is InChI=1S/C11HF22NO2/c12-1(13)2(14,15)3(16,17)4(18,19)5(20,21)6(22,23)7(24,25)8(26,27)9(28,29)10(30,31)11(32,33)34(35)36/h1H. The van der Waals surface area contributed by atoms with Crippen LogP contribution < -0.4 is 0 Å². The van der Waals surface area contributed by atoms with Gasteiger partial charge in [-0.1, -0.05) is 0 Å². The minimum atomic E-state index is -9.39. The average Bonchev–Trinajstić information content (AvgIpc) is 2.65. The predicted molar refractivity (Wildman–Crippen MR) is 62.5 cm³/mol. The molecule has 0 N–H and O–H groups in total. The van der Waals surface area contributed by atoms with Gasteiger partial charge >= 0.3 is 65.8 Å². The zero-order valence-corrected chi connectivity index (χ0v) is 15.2. The average molecular weight is 597 g/mol. The first-order chi connectivity index (χ1) is 15.1. The Balaban J connectivity index is 7.18. The summed E-state index contributed by atoms with van der Waals surface area (Å²) in [5.41, 5.74) is 0. The number of rotatable bonds is 11. The van der Waals surface area contributed by atoms with E-state index >= 15 is 0 Å². The molecule has 0 aliphatic carbocycles. The molecule has 0 saturated heterocycles. The quantitative estimate of drug-likeness (QED) is 0.113. The highest BCUT2D eigenvalue weighted by Gasteiger charge is 2.99. The Morgan fingerprint density at radius 2 is 0.611 bits per heavy atom. The Labute approximate surface area is 179 Å². The van der Waals surface area contributed by atoms with E-state index in [1.807, 2.05) is 0 Å². The molecule has 0 heterocycles. The van der Waals surface area contributed by atoms with Crippen LogP contribution in [0, 0.1) is 10.1 Å². The van der Waals surface area contributed by atoms with Gasteiger partial charge in [0.15, 0.2) is 0 Å². The molecule has 0 fully saturated rings. The molecule has 0 unspecified atom stereocenters. The van der Waals surface area contributed by atoms with Crippen LogP contribution >= 0.6 is 0 Å². The monoisotopic (exact) mass is 597 g/mol. The third-order valence-corrected chi connectivity index (χ3v) is 4.06. The smallest absolute Gasteiger partial charge is 0.259 e. The van der Waals surface area contributed by atoms with Gasteiger partial charge in [-0.2, -0.15) is 79.0 Å². The van der Waals surface area contributed by atoms with Crippen molar-refractivity contribution in [1.29, 1.82) is 0 Å². The van der Waals surface area contributed by atoms with Crippen molar-refractivity contribution in [3.8, 4) is 0 Å². The summed E-state index contributed by atoms with van der Waals surface area (Å²) in [7, 11) is 0. The van der Waals surface area contributed by atoms with E-state index < -0.39 is 70.7 Å². The van der Waals surface area contributed by atoms with Gasteiger partial charge in [-0.15, -0.1) is 8.78 Å². The molecule has 0 amide bonds. The van der Waals surface area contributed by atoms with Gasteiger partial charge in [0.1, 0.15) is 4.92 Å². The molecule has 0 aliphatic heterocycles. The van der Waals surface area contributed by atoms with E-state index in [9.17, 15) is 107 Å². The highest BCUT2D eigenvalue weighted by molar-refractivity contribution is 5.18. The molecule has 0 aromatic heterocycles. The maximum atomic E-state index is 13.3. The van der Waals surface area contributed by atoms with Gasteiger partial charge < -0.3 is 0 Å². The van der Waals surface area contributed by atoms with E-state index in [0.29, 0.717) is 0 Å². The highest BCUT2D eigenvalue weighted by Crippen LogP contribution is 2.66. The van der Waals surface area contributed by atoms with Gasteiger partial charge in [0, 0.05) is 0 Å². The molecule has 0 radical (unpaired) electrons. The van der Waals surface area contributed by atoms with Crippen LogP contribution in [-0.2, 0) is 0 Å². The van der Waals surface area contributed by atoms with Crippen LogP contribution in [0.1, 0.15) is 0 Å². The van der Waals surface area contributed by atoms with Crippen LogP contribution in [0.15, 0.2) is 0 Å². The van der Waals surface area contributed by atoms with Crippen molar-refractivity contribution in [2.24, 2.45) is 0 Å². The molecule has 0 bridgehead atoms. The Morgan fingerprint density at radius 3 is 0.806 bits per heavy atom. The maximum absolute atomic E-state index is 13.3. The second-order valence-corrected chi connectivity index (χ2v) is 6.32. The lowest BCUT2D eigenvalue weighted by atomic mass is 9.86. The minimum absolute atomic E-state index is 3.93. The maximum Gasteiger partial charge on any atom is 0.582 e. The molecular formula is C11HF22NO2. The Kier molecular flexibility index (Phi) is 7.69. The summed E-state index contributed by atoms with van der Waals surface area (Å²) in [4.78, 5) is 5.74. The van der Waals surface area contributed by atoms with Crippen molar-refractivity contribution in [3.63, 3.8) is 0 Å². The fraction of sp³-hybridized carbons (Fsp3) is 1.00. The van der Waals surface area contributed by atoms with Gasteiger partial charge in [0.25, 0.3) is 0 Å². The lowest BCUT2D eigenvalue weighted by Crippen LogP contribution is -2.77. The van der Waals surface area contributed by atoms with Gasteiger partial charge in [0.2, 0.25) is 0 Å². The van der Waals surface area contributed by atoms with E-state index in [4.69, 9.17) is 0 Å². The van der Waals surface area contributed by atoms with Crippen LogP contribution in [0.4, 0.5) is 96.6 Å². The van der Waals surface area contributed by atoms with Gasteiger partial charge in [-0.25, -0.2) is 8.78 Å². The highest BCUT2D eigenvalue weighted by atomic mass is 19.4. The molecule has 0 aliphatic rings. The van der Waals surface area contributed by atoms with E-state index in [2.05, 4.69) is 0 Å². The van der Waals surface area contributed by atoms with Crippen LogP contribution in [0.2, 0.25) is 0 Å². The molecule has 25 heteroatoms. The second kappa shape index (κ2) is 8.18. The van der Waals surface area contributed by atoms with Crippen LogP contribution in [0.25, 0.3) is 0 Å². The minimum Gasteiger partial charge on any atom is -0.259 e. The van der Waals surface area contributed by atoms with E-state index in [1.165, 1.54) is 0 Å². The van der Waals surface area contributed by atoms with Gasteiger partial charge in [-0.05, 0) is 0 Å². The summed E-state index contributed by atoms with van der Waals surface area (Å²) in [5.74, 6) is -80.5. The molecule has 0 rings (SSSR count). The summed E-state index contributed by atoms with van der Waals surface area (Å²) in [6.07, 6.45) is -6.22. The summed E-state index contributed by atoms with van der Waals surface area (Å²) < 4.78 is 285. The number of hydrogen-bond acceptors (Lipinski definition) is 2. The Morgan fingerprint density at radius 1 is 0.417 bits per heavy atom. The number of nitro groups is 1. The summed E-state index contributed by atoms with van der Waals surface area (Å²) in [6, 6.07) is -7.84. The fourth-order valence-corrected chi connectivity index (χ4v) is 1.83. The Bertz CT molecular complexity index is 845. The molecule has 36 heavy (non-hydrogen) atoms. The first-order valence-corrected chi connectivity index (χ1v) is 7.34. The number of nitrogens with zero attached hydrogens (tertiary/aromatic N) is 1. The van der Waals surface area contributed by atoms with Crippen LogP contribution in [0.3, 0.4) is 0 Å². The van der Waals surface area contributed by atoms with Crippen LogP contribution in [-0.4, -0.2) is 70.7 Å². The molecule has 0 aromatic carbocycles. The summed E-state index contributed by atoms with van der Waals surface area (Å²) >= 11 is 0. The zero-order valence-electron chi connectivity index (χ0n) is 15.2. The van der Waals surface area contributed by atoms with Crippen molar-refractivity contribution < 1.29 is 102 Å². The lowest BCUT2D eigenvalue weighted by molar-refractivity contribution is -0.687. The number of halogens is 22. The van der Waals surface area contributed by atoms with Gasteiger partial charge in [-0.3, -0.25) is 10.1 Å². The third kappa shape index (κ3) is 3.68. The second-order valence-electron chi connectivity index (χ2n) is 6.32. The molecule has 0 aromatic rings. The third-order valence-electron chi connectivity index (χ3n) is 4.06. The van der Waals surface area contributed by atoms with Crippen molar-refractivity contribution >= 4 is 0 Å². The van der Waals surface area contributed by atoms with Gasteiger partial charge in [0.05, 0.1) is 0 Å². The molecule has 0 atom stereocenters. The van der Waals surface area contributed by atoms with E-state index in [1.54, 1.807) is 0 Å². The lowest BCUT2D eigenvalue weighted by Gasteiger charge is -2.44. The largest absolute Gasteiger partial charge is 0.582 e. The fourth-order valence-electron chi connectivity index (χ4n) is 1.83. The summed E-state index contributed by atoms with van der Waals surface area (Å²) in [5, 5.41) is 9.66. The van der Waals surface area contributed by atoms with Crippen molar-refractivity contribution in [1.82, 2.24) is 0 Å². The van der Waals surface area contributed by atoms with E-state index in [0.717, 1.165) is 0 Å². The van der Waals surface area contributed by atoms with Crippen LogP contribution in [0.5, 0.6) is 0 Å². The number of alkyl halides is 22.